The summed E-state index contributed by atoms with van der Waals surface area (Å²) in [5.74, 6) is 0.880. The van der Waals surface area contributed by atoms with E-state index in [1.807, 2.05) is 30.5 Å². The molecular formula is C24H25N3OS. The SMILES string of the molecule is C=C(/N=C(\C(=C/C(C)C)SC)c1ccc(C#N)cc1)Nc1ccc(C(C)=O)cc1. The quantitative estimate of drug-likeness (QED) is 0.431. The molecule has 2 aromatic rings. The highest BCUT2D eigenvalue weighted by Gasteiger charge is 2.12. The molecule has 0 bridgehead atoms. The fraction of sp³-hybridized carbons (Fsp3) is 0.208. The predicted octanol–water partition coefficient (Wildman–Crippen LogP) is 6.04. The van der Waals surface area contributed by atoms with Crippen LogP contribution in [0, 0.1) is 17.2 Å². The van der Waals surface area contributed by atoms with Crippen LogP contribution >= 0.6 is 11.8 Å². The van der Waals surface area contributed by atoms with E-state index in [0.29, 0.717) is 22.9 Å². The molecule has 4 nitrogen and oxygen atoms in total. The van der Waals surface area contributed by atoms with Gasteiger partial charge in [0.25, 0.3) is 0 Å². The van der Waals surface area contributed by atoms with Crippen molar-refractivity contribution in [2.75, 3.05) is 11.6 Å². The van der Waals surface area contributed by atoms with Crippen molar-refractivity contribution in [3.05, 3.63) is 88.6 Å². The van der Waals surface area contributed by atoms with Gasteiger partial charge in [0.1, 0.15) is 5.82 Å². The summed E-state index contributed by atoms with van der Waals surface area (Å²) in [7, 11) is 0. The summed E-state index contributed by atoms with van der Waals surface area (Å²) in [6, 6.07) is 16.7. The van der Waals surface area contributed by atoms with E-state index in [9.17, 15) is 4.79 Å². The second-order valence-electron chi connectivity index (χ2n) is 6.83. The van der Waals surface area contributed by atoms with Crippen LogP contribution in [0.1, 0.15) is 42.3 Å². The third-order valence-electron chi connectivity index (χ3n) is 4.05. The Bertz CT molecular complexity index is 978. The van der Waals surface area contributed by atoms with Crippen LogP contribution in [-0.4, -0.2) is 17.8 Å². The van der Waals surface area contributed by atoms with E-state index in [1.165, 1.54) is 0 Å². The van der Waals surface area contributed by atoms with Crippen molar-refractivity contribution in [1.29, 1.82) is 5.26 Å². The lowest BCUT2D eigenvalue weighted by Gasteiger charge is -2.13. The minimum Gasteiger partial charge on any atom is -0.341 e. The van der Waals surface area contributed by atoms with Gasteiger partial charge >= 0.3 is 0 Å². The summed E-state index contributed by atoms with van der Waals surface area (Å²) in [5, 5.41) is 12.2. The molecule has 0 aliphatic carbocycles. The number of Topliss-reactive ketones (excluding diaryl/α,β-unsaturated/α-hetero) is 1. The van der Waals surface area contributed by atoms with Gasteiger partial charge in [0.15, 0.2) is 5.78 Å². The highest BCUT2D eigenvalue weighted by molar-refractivity contribution is 8.03. The van der Waals surface area contributed by atoms with Gasteiger partial charge in [-0.25, -0.2) is 4.99 Å². The van der Waals surface area contributed by atoms with Crippen molar-refractivity contribution in [2.45, 2.75) is 20.8 Å². The number of hydrogen-bond donors (Lipinski definition) is 1. The van der Waals surface area contributed by atoms with Crippen molar-refractivity contribution in [3.63, 3.8) is 0 Å². The first-order valence-corrected chi connectivity index (χ1v) is 10.5. The zero-order chi connectivity index (χ0) is 21.4. The standard InChI is InChI=1S/C24H25N3OS/c1-16(2)14-23(29-5)24(21-8-6-19(15-25)7-9-21)27-18(4)26-22-12-10-20(11-13-22)17(3)28/h6-14,16,26H,4H2,1-3,5H3/b23-14+,27-24-. The van der Waals surface area contributed by atoms with Crippen LogP contribution in [-0.2, 0) is 0 Å². The average Bonchev–Trinajstić information content (AvgIpc) is 2.70. The molecule has 2 aromatic carbocycles. The maximum atomic E-state index is 11.4. The maximum Gasteiger partial charge on any atom is 0.159 e. The lowest BCUT2D eigenvalue weighted by molar-refractivity contribution is 0.101. The zero-order valence-electron chi connectivity index (χ0n) is 17.2. The molecule has 0 aliphatic rings. The monoisotopic (exact) mass is 403 g/mol. The molecule has 1 N–H and O–H groups in total. The maximum absolute atomic E-state index is 11.4. The number of thioether (sulfide) groups is 1. The van der Waals surface area contributed by atoms with E-state index in [0.717, 1.165) is 21.9 Å². The van der Waals surface area contributed by atoms with Gasteiger partial charge in [0.05, 0.1) is 17.3 Å². The van der Waals surface area contributed by atoms with Crippen molar-refractivity contribution >= 4 is 28.9 Å². The Balaban J connectivity index is 2.37. The third kappa shape index (κ3) is 6.48. The number of nitriles is 1. The number of nitrogens with zero attached hydrogens (tertiary/aromatic N) is 2. The first kappa shape index (κ1) is 22.2. The lowest BCUT2D eigenvalue weighted by atomic mass is 10.1. The number of carbonyl (C=O) groups is 1. The second kappa shape index (κ2) is 10.4. The molecule has 0 heterocycles. The number of allylic oxidation sites excluding steroid dienone is 2. The Morgan fingerprint density at radius 1 is 1.14 bits per heavy atom. The molecule has 5 heteroatoms. The molecule has 0 unspecified atom stereocenters. The third-order valence-corrected chi connectivity index (χ3v) is 4.82. The second-order valence-corrected chi connectivity index (χ2v) is 7.68. The van der Waals surface area contributed by atoms with E-state index in [4.69, 9.17) is 10.3 Å². The summed E-state index contributed by atoms with van der Waals surface area (Å²) in [5.41, 5.74) is 3.79. The Hall–Kier alpha value is -3.10. The van der Waals surface area contributed by atoms with E-state index in [-0.39, 0.29) is 5.78 Å². The number of benzene rings is 2. The molecule has 148 valence electrons. The van der Waals surface area contributed by atoms with Crippen LogP contribution in [0.25, 0.3) is 0 Å². The lowest BCUT2D eigenvalue weighted by Crippen LogP contribution is -2.07. The number of carbonyl (C=O) groups excluding carboxylic acids is 1. The summed E-state index contributed by atoms with van der Waals surface area (Å²) >= 11 is 1.62. The summed E-state index contributed by atoms with van der Waals surface area (Å²) < 4.78 is 0. The molecule has 0 aliphatic heterocycles. The number of ketones is 1. The number of anilines is 1. The number of rotatable bonds is 8. The van der Waals surface area contributed by atoms with Crippen LogP contribution in [0.3, 0.4) is 0 Å². The van der Waals surface area contributed by atoms with Gasteiger partial charge in [-0.15, -0.1) is 11.8 Å². The molecule has 0 fully saturated rings. The highest BCUT2D eigenvalue weighted by Crippen LogP contribution is 2.23. The summed E-state index contributed by atoms with van der Waals surface area (Å²) in [6.07, 6.45) is 4.18. The molecular weight excluding hydrogens is 378 g/mol. The van der Waals surface area contributed by atoms with E-state index in [1.54, 1.807) is 43.0 Å². The Labute approximate surface area is 177 Å². The van der Waals surface area contributed by atoms with Gasteiger partial charge in [0.2, 0.25) is 0 Å². The van der Waals surface area contributed by atoms with Crippen LogP contribution in [0.4, 0.5) is 5.69 Å². The van der Waals surface area contributed by atoms with Crippen molar-refractivity contribution in [3.8, 4) is 6.07 Å². The summed E-state index contributed by atoms with van der Waals surface area (Å²) in [6.45, 7) is 9.83. The highest BCUT2D eigenvalue weighted by atomic mass is 32.2. The van der Waals surface area contributed by atoms with E-state index < -0.39 is 0 Å². The van der Waals surface area contributed by atoms with E-state index in [2.05, 4.69) is 37.9 Å². The van der Waals surface area contributed by atoms with Gasteiger partial charge in [-0.2, -0.15) is 5.26 Å². The zero-order valence-corrected chi connectivity index (χ0v) is 18.0. The van der Waals surface area contributed by atoms with Gasteiger partial charge < -0.3 is 5.32 Å². The molecule has 0 saturated heterocycles. The minimum atomic E-state index is 0.0277. The predicted molar refractivity (Wildman–Crippen MR) is 123 cm³/mol. The van der Waals surface area contributed by atoms with Crippen LogP contribution < -0.4 is 5.32 Å². The number of aliphatic imine (C=N–C) groups is 1. The molecule has 0 amide bonds. The van der Waals surface area contributed by atoms with Crippen molar-refractivity contribution in [2.24, 2.45) is 10.9 Å². The van der Waals surface area contributed by atoms with Gasteiger partial charge in [-0.3, -0.25) is 4.79 Å². The fourth-order valence-corrected chi connectivity index (χ4v) is 3.39. The van der Waals surface area contributed by atoms with Gasteiger partial charge in [-0.05, 0) is 55.5 Å². The minimum absolute atomic E-state index is 0.0277. The van der Waals surface area contributed by atoms with Gasteiger partial charge in [-0.1, -0.05) is 38.6 Å². The number of hydrogen-bond acceptors (Lipinski definition) is 5. The molecule has 0 aromatic heterocycles. The number of nitrogens with one attached hydrogen (secondary N) is 1. The van der Waals surface area contributed by atoms with Crippen LogP contribution in [0.2, 0.25) is 0 Å². The molecule has 2 rings (SSSR count). The topological polar surface area (TPSA) is 65.2 Å². The van der Waals surface area contributed by atoms with Crippen molar-refractivity contribution in [1.82, 2.24) is 0 Å². The fourth-order valence-electron chi connectivity index (χ4n) is 2.63. The smallest absolute Gasteiger partial charge is 0.159 e. The summed E-state index contributed by atoms with van der Waals surface area (Å²) in [4.78, 5) is 17.2. The van der Waals surface area contributed by atoms with E-state index >= 15 is 0 Å². The first-order chi connectivity index (χ1) is 13.8. The Morgan fingerprint density at radius 3 is 2.21 bits per heavy atom. The molecule has 0 spiro atoms. The normalized spacial score (nSPS) is 11.9. The molecule has 0 atom stereocenters. The van der Waals surface area contributed by atoms with Crippen molar-refractivity contribution < 1.29 is 4.79 Å². The Morgan fingerprint density at radius 2 is 1.72 bits per heavy atom. The molecule has 29 heavy (non-hydrogen) atoms. The van der Waals surface area contributed by atoms with Gasteiger partial charge in [0, 0.05) is 21.7 Å². The van der Waals surface area contributed by atoms with Crippen LogP contribution in [0.15, 0.2) is 76.9 Å². The molecule has 0 radical (unpaired) electrons. The Kier molecular flexibility index (Phi) is 7.99. The van der Waals surface area contributed by atoms with Crippen LogP contribution in [0.5, 0.6) is 0 Å². The average molecular weight is 404 g/mol. The molecule has 0 saturated carbocycles. The largest absolute Gasteiger partial charge is 0.341 e. The first-order valence-electron chi connectivity index (χ1n) is 9.26.